The molecule has 4 rings (SSSR count). The quantitative estimate of drug-likeness (QED) is 0.771. The van der Waals surface area contributed by atoms with Crippen molar-refractivity contribution in [2.75, 3.05) is 19.3 Å². The highest BCUT2D eigenvalue weighted by Crippen LogP contribution is 2.54. The summed E-state index contributed by atoms with van der Waals surface area (Å²) in [5.41, 5.74) is 0.0585. The van der Waals surface area contributed by atoms with Gasteiger partial charge in [0.25, 0.3) is 0 Å². The second-order valence-corrected chi connectivity index (χ2v) is 10.2. The molecular weight excluding hydrogens is 425 g/mol. The van der Waals surface area contributed by atoms with Crippen molar-refractivity contribution >= 4 is 27.3 Å². The summed E-state index contributed by atoms with van der Waals surface area (Å²) in [5.74, 6) is -2.64. The molecule has 2 fully saturated rings. The van der Waals surface area contributed by atoms with Gasteiger partial charge in [0.1, 0.15) is 11.6 Å². The summed E-state index contributed by atoms with van der Waals surface area (Å²) in [6, 6.07) is 3.14. The lowest BCUT2D eigenvalue weighted by atomic mass is 9.99. The molecule has 0 spiro atoms. The highest BCUT2D eigenvalue weighted by atomic mass is 32.2. The van der Waals surface area contributed by atoms with E-state index in [1.54, 1.807) is 4.90 Å². The van der Waals surface area contributed by atoms with Gasteiger partial charge in [-0.25, -0.2) is 21.9 Å². The Labute approximate surface area is 170 Å². The zero-order valence-corrected chi connectivity index (χ0v) is 17.1. The molecule has 2 unspecified atom stereocenters. The zero-order chi connectivity index (χ0) is 20.9. The molecule has 10 heteroatoms. The second-order valence-electron chi connectivity index (χ2n) is 7.54. The summed E-state index contributed by atoms with van der Waals surface area (Å²) in [6.07, 6.45) is 1.97. The molecule has 1 saturated heterocycles. The number of hydrogen-bond acceptors (Lipinski definition) is 4. The van der Waals surface area contributed by atoms with E-state index in [-0.39, 0.29) is 35.2 Å². The smallest absolute Gasteiger partial charge is 0.226 e. The summed E-state index contributed by atoms with van der Waals surface area (Å²) in [5, 5.41) is 0.842. The number of nitrogens with zero attached hydrogens (tertiary/aromatic N) is 1. The van der Waals surface area contributed by atoms with Gasteiger partial charge in [-0.2, -0.15) is 4.39 Å². The van der Waals surface area contributed by atoms with Gasteiger partial charge in [0.15, 0.2) is 5.13 Å². The maximum atomic E-state index is 14.5. The number of rotatable bonds is 5. The standard InChI is InChI=1S/C19H19F3N2O3S2/c1-29(26,27)23-10-5-6-24(8-10)19(25)12-7-11(12)16-13(9-28-18(16)22)17-14(20)3-2-4-15(17)21/h2-4,9-12,23H,5-8H2,1H3/t10-,11?,12?/m0/s1. The summed E-state index contributed by atoms with van der Waals surface area (Å²) >= 11 is 0.763. The molecule has 1 aliphatic carbocycles. The number of nitrogens with one attached hydrogen (secondary N) is 1. The predicted octanol–water partition coefficient (Wildman–Crippen LogP) is 3.09. The zero-order valence-electron chi connectivity index (χ0n) is 15.5. The number of benzene rings is 1. The van der Waals surface area contributed by atoms with E-state index in [9.17, 15) is 26.4 Å². The van der Waals surface area contributed by atoms with Gasteiger partial charge in [-0.15, -0.1) is 11.3 Å². The van der Waals surface area contributed by atoms with Crippen molar-refractivity contribution in [2.24, 2.45) is 5.92 Å². The van der Waals surface area contributed by atoms with Crippen molar-refractivity contribution in [1.82, 2.24) is 9.62 Å². The summed E-state index contributed by atoms with van der Waals surface area (Å²) in [6.45, 7) is 0.673. The van der Waals surface area contributed by atoms with Crippen LogP contribution in [0.25, 0.3) is 11.1 Å². The van der Waals surface area contributed by atoms with Crippen LogP contribution in [0.4, 0.5) is 13.2 Å². The molecule has 2 aromatic rings. The van der Waals surface area contributed by atoms with Crippen LogP contribution in [0, 0.1) is 22.7 Å². The molecule has 1 amide bonds. The topological polar surface area (TPSA) is 66.5 Å². The molecule has 2 heterocycles. The monoisotopic (exact) mass is 444 g/mol. The van der Waals surface area contributed by atoms with E-state index in [1.165, 1.54) is 11.4 Å². The molecule has 1 N–H and O–H groups in total. The Morgan fingerprint density at radius 1 is 1.24 bits per heavy atom. The first-order chi connectivity index (χ1) is 13.7. The van der Waals surface area contributed by atoms with Crippen molar-refractivity contribution in [1.29, 1.82) is 0 Å². The third-order valence-corrected chi connectivity index (χ3v) is 6.92. The van der Waals surface area contributed by atoms with Crippen LogP contribution in [0.5, 0.6) is 0 Å². The molecule has 0 radical (unpaired) electrons. The number of halogens is 3. The Morgan fingerprint density at radius 2 is 1.93 bits per heavy atom. The minimum absolute atomic E-state index is 0.154. The van der Waals surface area contributed by atoms with Crippen LogP contribution in [0.15, 0.2) is 23.6 Å². The van der Waals surface area contributed by atoms with Crippen molar-refractivity contribution in [2.45, 2.75) is 24.8 Å². The molecule has 1 aliphatic heterocycles. The van der Waals surface area contributed by atoms with Crippen LogP contribution < -0.4 is 4.72 Å². The maximum absolute atomic E-state index is 14.5. The molecule has 0 bridgehead atoms. The summed E-state index contributed by atoms with van der Waals surface area (Å²) in [4.78, 5) is 14.4. The molecule has 156 valence electrons. The van der Waals surface area contributed by atoms with Gasteiger partial charge < -0.3 is 4.90 Å². The fourth-order valence-electron chi connectivity index (χ4n) is 4.02. The lowest BCUT2D eigenvalue weighted by Crippen LogP contribution is -2.38. The first kappa shape index (κ1) is 20.4. The molecule has 1 saturated carbocycles. The van der Waals surface area contributed by atoms with Gasteiger partial charge in [0.05, 0.1) is 11.8 Å². The largest absolute Gasteiger partial charge is 0.341 e. The first-order valence-electron chi connectivity index (χ1n) is 9.13. The molecular formula is C19H19F3N2O3S2. The van der Waals surface area contributed by atoms with Gasteiger partial charge in [-0.3, -0.25) is 4.79 Å². The number of carbonyl (C=O) groups excluding carboxylic acids is 1. The van der Waals surface area contributed by atoms with E-state index in [0.717, 1.165) is 29.7 Å². The van der Waals surface area contributed by atoms with Crippen molar-refractivity contribution in [3.63, 3.8) is 0 Å². The van der Waals surface area contributed by atoms with Crippen molar-refractivity contribution in [3.05, 3.63) is 45.9 Å². The normalized spacial score (nSPS) is 24.1. The van der Waals surface area contributed by atoms with E-state index >= 15 is 0 Å². The maximum Gasteiger partial charge on any atom is 0.226 e. The minimum atomic E-state index is -3.36. The number of hydrogen-bond donors (Lipinski definition) is 1. The number of carbonyl (C=O) groups is 1. The number of amides is 1. The predicted molar refractivity (Wildman–Crippen MR) is 103 cm³/mol. The highest BCUT2D eigenvalue weighted by molar-refractivity contribution is 7.88. The summed E-state index contributed by atoms with van der Waals surface area (Å²) in [7, 11) is -3.36. The Kier molecular flexibility index (Phi) is 5.20. The average molecular weight is 445 g/mol. The van der Waals surface area contributed by atoms with Crippen LogP contribution >= 0.6 is 11.3 Å². The summed E-state index contributed by atoms with van der Waals surface area (Å²) < 4.78 is 68.1. The Hall–Kier alpha value is -1.91. The minimum Gasteiger partial charge on any atom is -0.341 e. The van der Waals surface area contributed by atoms with E-state index < -0.39 is 38.6 Å². The lowest BCUT2D eigenvalue weighted by Gasteiger charge is -2.17. The fraction of sp³-hybridized carbons (Fsp3) is 0.421. The molecule has 2 aliphatic rings. The Morgan fingerprint density at radius 3 is 2.59 bits per heavy atom. The van der Waals surface area contributed by atoms with Crippen LogP contribution in [-0.4, -0.2) is 44.6 Å². The third kappa shape index (κ3) is 4.06. The first-order valence-corrected chi connectivity index (χ1v) is 11.9. The third-order valence-electron chi connectivity index (χ3n) is 5.37. The Bertz CT molecular complexity index is 1050. The molecule has 5 nitrogen and oxygen atoms in total. The fourth-order valence-corrected chi connectivity index (χ4v) is 5.67. The van der Waals surface area contributed by atoms with Crippen molar-refractivity contribution in [3.8, 4) is 11.1 Å². The van der Waals surface area contributed by atoms with E-state index in [2.05, 4.69) is 4.72 Å². The molecule has 1 aromatic heterocycles. The van der Waals surface area contributed by atoms with Crippen molar-refractivity contribution < 1.29 is 26.4 Å². The molecule has 1 aromatic carbocycles. The molecule has 3 atom stereocenters. The molecule has 29 heavy (non-hydrogen) atoms. The van der Waals surface area contributed by atoms with Crippen LogP contribution in [0.1, 0.15) is 24.3 Å². The van der Waals surface area contributed by atoms with Gasteiger partial charge in [0.2, 0.25) is 15.9 Å². The lowest BCUT2D eigenvalue weighted by molar-refractivity contribution is -0.131. The van der Waals surface area contributed by atoms with Gasteiger partial charge in [-0.05, 0) is 25.0 Å². The number of thiophene rings is 1. The highest BCUT2D eigenvalue weighted by Gasteiger charge is 2.49. The number of likely N-dealkylation sites (tertiary alicyclic amines) is 1. The van der Waals surface area contributed by atoms with Gasteiger partial charge >= 0.3 is 0 Å². The Balaban J connectivity index is 1.52. The van der Waals surface area contributed by atoms with Gasteiger partial charge in [-0.1, -0.05) is 6.07 Å². The SMILES string of the molecule is CS(=O)(=O)N[C@H]1CCN(C(=O)C2CC2c2c(-c3c(F)cccc3F)csc2F)C1. The van der Waals surface area contributed by atoms with E-state index in [4.69, 9.17) is 0 Å². The van der Waals surface area contributed by atoms with Gasteiger partial charge in [0, 0.05) is 47.5 Å². The van der Waals surface area contributed by atoms with Crippen LogP contribution in [0.3, 0.4) is 0 Å². The van der Waals surface area contributed by atoms with Crippen LogP contribution in [-0.2, 0) is 14.8 Å². The second kappa shape index (κ2) is 7.41. The average Bonchev–Trinajstić information content (AvgIpc) is 3.11. The van der Waals surface area contributed by atoms with E-state index in [0.29, 0.717) is 19.4 Å². The van der Waals surface area contributed by atoms with Crippen LogP contribution in [0.2, 0.25) is 0 Å². The van der Waals surface area contributed by atoms with E-state index in [1.807, 2.05) is 0 Å². The number of sulfonamides is 1.